The highest BCUT2D eigenvalue weighted by molar-refractivity contribution is 5.80. The standard InChI is InChI=1S/C13H16N4O/c14-10-4-9(5-10)13(18)15-6-8-1-2-11-12(3-8)17-7-16-11/h1-3,7,9-10H,4-6,14H2,(H,15,18)(H,16,17). The minimum Gasteiger partial charge on any atom is -0.352 e. The molecule has 5 heteroatoms. The van der Waals surface area contributed by atoms with Gasteiger partial charge >= 0.3 is 0 Å². The molecular weight excluding hydrogens is 228 g/mol. The number of rotatable bonds is 3. The van der Waals surface area contributed by atoms with E-state index in [0.29, 0.717) is 6.54 Å². The molecule has 1 saturated carbocycles. The summed E-state index contributed by atoms with van der Waals surface area (Å²) in [6.45, 7) is 0.555. The first kappa shape index (κ1) is 11.2. The van der Waals surface area contributed by atoms with Gasteiger partial charge in [0.25, 0.3) is 0 Å². The fourth-order valence-electron chi connectivity index (χ4n) is 2.30. The number of hydrogen-bond donors (Lipinski definition) is 3. The third-order valence-electron chi connectivity index (χ3n) is 3.50. The van der Waals surface area contributed by atoms with Gasteiger partial charge in [-0.2, -0.15) is 0 Å². The maximum absolute atomic E-state index is 11.8. The average molecular weight is 244 g/mol. The van der Waals surface area contributed by atoms with Crippen molar-refractivity contribution in [3.05, 3.63) is 30.1 Å². The second-order valence-electron chi connectivity index (χ2n) is 4.90. The van der Waals surface area contributed by atoms with Crippen molar-refractivity contribution in [2.24, 2.45) is 11.7 Å². The van der Waals surface area contributed by atoms with Crippen LogP contribution in [0.25, 0.3) is 11.0 Å². The lowest BCUT2D eigenvalue weighted by molar-refractivity contribution is -0.128. The zero-order valence-corrected chi connectivity index (χ0v) is 10.0. The van der Waals surface area contributed by atoms with Crippen LogP contribution in [0.3, 0.4) is 0 Å². The highest BCUT2D eigenvalue weighted by Crippen LogP contribution is 2.25. The van der Waals surface area contributed by atoms with Crippen molar-refractivity contribution < 1.29 is 4.79 Å². The van der Waals surface area contributed by atoms with Crippen LogP contribution in [0.4, 0.5) is 0 Å². The molecule has 94 valence electrons. The van der Waals surface area contributed by atoms with Gasteiger partial charge in [-0.15, -0.1) is 0 Å². The van der Waals surface area contributed by atoms with Crippen LogP contribution in [0.2, 0.25) is 0 Å². The highest BCUT2D eigenvalue weighted by atomic mass is 16.1. The van der Waals surface area contributed by atoms with Crippen LogP contribution in [-0.4, -0.2) is 21.9 Å². The number of fused-ring (bicyclic) bond motifs is 1. The lowest BCUT2D eigenvalue weighted by Gasteiger charge is -2.31. The molecule has 0 atom stereocenters. The number of nitrogens with zero attached hydrogens (tertiary/aromatic N) is 1. The Morgan fingerprint density at radius 1 is 1.50 bits per heavy atom. The van der Waals surface area contributed by atoms with Crippen LogP contribution in [0.1, 0.15) is 18.4 Å². The summed E-state index contributed by atoms with van der Waals surface area (Å²) in [5, 5.41) is 2.95. The number of aromatic amines is 1. The smallest absolute Gasteiger partial charge is 0.223 e. The van der Waals surface area contributed by atoms with Crippen LogP contribution in [0, 0.1) is 5.92 Å². The number of benzene rings is 1. The second-order valence-corrected chi connectivity index (χ2v) is 4.90. The lowest BCUT2D eigenvalue weighted by atomic mass is 9.80. The van der Waals surface area contributed by atoms with Crippen molar-refractivity contribution in [3.8, 4) is 0 Å². The maximum Gasteiger partial charge on any atom is 0.223 e. The molecule has 1 aliphatic rings. The molecule has 0 unspecified atom stereocenters. The van der Waals surface area contributed by atoms with E-state index in [1.54, 1.807) is 6.33 Å². The van der Waals surface area contributed by atoms with Gasteiger partial charge in [-0.05, 0) is 30.5 Å². The summed E-state index contributed by atoms with van der Waals surface area (Å²) < 4.78 is 0. The van der Waals surface area contributed by atoms with Crippen molar-refractivity contribution >= 4 is 16.9 Å². The zero-order chi connectivity index (χ0) is 12.5. The van der Waals surface area contributed by atoms with Gasteiger partial charge in [-0.25, -0.2) is 4.98 Å². The molecule has 0 saturated heterocycles. The molecule has 0 aliphatic heterocycles. The van der Waals surface area contributed by atoms with E-state index < -0.39 is 0 Å². The first-order chi connectivity index (χ1) is 8.72. The number of H-pyrrole nitrogens is 1. The van der Waals surface area contributed by atoms with E-state index in [9.17, 15) is 4.79 Å². The van der Waals surface area contributed by atoms with Crippen molar-refractivity contribution in [3.63, 3.8) is 0 Å². The molecule has 1 aromatic carbocycles. The number of carbonyl (C=O) groups is 1. The number of hydrogen-bond acceptors (Lipinski definition) is 3. The molecule has 5 nitrogen and oxygen atoms in total. The zero-order valence-electron chi connectivity index (χ0n) is 10.0. The van der Waals surface area contributed by atoms with Crippen molar-refractivity contribution in [1.29, 1.82) is 0 Å². The SMILES string of the molecule is NC1CC(C(=O)NCc2ccc3nc[nH]c3c2)C1. The predicted octanol–water partition coefficient (Wildman–Crippen LogP) is 0.916. The van der Waals surface area contributed by atoms with Crippen LogP contribution in [0.15, 0.2) is 24.5 Å². The first-order valence-electron chi connectivity index (χ1n) is 6.17. The van der Waals surface area contributed by atoms with Gasteiger partial charge in [0, 0.05) is 18.5 Å². The molecule has 1 aliphatic carbocycles. The van der Waals surface area contributed by atoms with E-state index in [1.165, 1.54) is 0 Å². The molecule has 18 heavy (non-hydrogen) atoms. The fourth-order valence-corrected chi connectivity index (χ4v) is 2.30. The number of aromatic nitrogens is 2. The van der Waals surface area contributed by atoms with Crippen molar-refractivity contribution in [2.45, 2.75) is 25.4 Å². The number of nitrogens with one attached hydrogen (secondary N) is 2. The average Bonchev–Trinajstić information content (AvgIpc) is 2.79. The van der Waals surface area contributed by atoms with Crippen LogP contribution >= 0.6 is 0 Å². The molecule has 3 rings (SSSR count). The second kappa shape index (κ2) is 4.42. The highest BCUT2D eigenvalue weighted by Gasteiger charge is 2.31. The van der Waals surface area contributed by atoms with E-state index >= 15 is 0 Å². The largest absolute Gasteiger partial charge is 0.352 e. The molecule has 1 aromatic heterocycles. The monoisotopic (exact) mass is 244 g/mol. The van der Waals surface area contributed by atoms with E-state index in [-0.39, 0.29) is 17.9 Å². The molecular formula is C13H16N4O. The maximum atomic E-state index is 11.8. The quantitative estimate of drug-likeness (QED) is 0.750. The Hall–Kier alpha value is -1.88. The van der Waals surface area contributed by atoms with Crippen molar-refractivity contribution in [2.75, 3.05) is 0 Å². The van der Waals surface area contributed by atoms with Gasteiger partial charge in [-0.1, -0.05) is 6.07 Å². The molecule has 0 bridgehead atoms. The molecule has 0 radical (unpaired) electrons. The van der Waals surface area contributed by atoms with Crippen LogP contribution < -0.4 is 11.1 Å². The Morgan fingerprint density at radius 3 is 3.11 bits per heavy atom. The normalized spacial score (nSPS) is 22.7. The third-order valence-corrected chi connectivity index (χ3v) is 3.50. The fraction of sp³-hybridized carbons (Fsp3) is 0.385. The number of amides is 1. The van der Waals surface area contributed by atoms with Gasteiger partial charge in [-0.3, -0.25) is 4.79 Å². The van der Waals surface area contributed by atoms with Gasteiger partial charge in [0.2, 0.25) is 5.91 Å². The van der Waals surface area contributed by atoms with Gasteiger partial charge in [0.1, 0.15) is 0 Å². The molecule has 1 fully saturated rings. The number of imidazole rings is 1. The summed E-state index contributed by atoms with van der Waals surface area (Å²) in [5.41, 5.74) is 8.68. The number of nitrogens with two attached hydrogens (primary N) is 1. The Labute approximate surface area is 105 Å². The summed E-state index contributed by atoms with van der Waals surface area (Å²) in [6, 6.07) is 6.15. The summed E-state index contributed by atoms with van der Waals surface area (Å²) in [4.78, 5) is 19.0. The summed E-state index contributed by atoms with van der Waals surface area (Å²) >= 11 is 0. The van der Waals surface area contributed by atoms with Gasteiger partial charge < -0.3 is 16.0 Å². The Kier molecular flexibility index (Phi) is 2.76. The van der Waals surface area contributed by atoms with E-state index in [1.807, 2.05) is 18.2 Å². The van der Waals surface area contributed by atoms with Gasteiger partial charge in [0.15, 0.2) is 0 Å². The molecule has 0 spiro atoms. The summed E-state index contributed by atoms with van der Waals surface area (Å²) in [5.74, 6) is 0.220. The van der Waals surface area contributed by atoms with Crippen LogP contribution in [0.5, 0.6) is 0 Å². The predicted molar refractivity (Wildman–Crippen MR) is 68.6 cm³/mol. The minimum atomic E-state index is 0.107. The van der Waals surface area contributed by atoms with E-state index in [2.05, 4.69) is 15.3 Å². The number of carbonyl (C=O) groups excluding carboxylic acids is 1. The molecule has 1 amide bonds. The first-order valence-corrected chi connectivity index (χ1v) is 6.17. The molecule has 2 aromatic rings. The summed E-state index contributed by atoms with van der Waals surface area (Å²) in [7, 11) is 0. The van der Waals surface area contributed by atoms with Gasteiger partial charge in [0.05, 0.1) is 17.4 Å². The van der Waals surface area contributed by atoms with Crippen molar-refractivity contribution in [1.82, 2.24) is 15.3 Å². The van der Waals surface area contributed by atoms with E-state index in [0.717, 1.165) is 29.4 Å². The topological polar surface area (TPSA) is 83.8 Å². The molecule has 1 heterocycles. The third kappa shape index (κ3) is 2.09. The Balaban J connectivity index is 1.60. The Morgan fingerprint density at radius 2 is 2.33 bits per heavy atom. The lowest BCUT2D eigenvalue weighted by Crippen LogP contribution is -2.44. The molecule has 4 N–H and O–H groups in total. The summed E-state index contributed by atoms with van der Waals surface area (Å²) in [6.07, 6.45) is 3.29. The van der Waals surface area contributed by atoms with E-state index in [4.69, 9.17) is 5.73 Å². The minimum absolute atomic E-state index is 0.107. The Bertz CT molecular complexity index is 571. The van der Waals surface area contributed by atoms with Crippen LogP contribution in [-0.2, 0) is 11.3 Å².